The third-order valence-electron chi connectivity index (χ3n) is 6.16. The number of hydrogen-bond donors (Lipinski definition) is 0. The minimum Gasteiger partial charge on any atom is -0.497 e. The van der Waals surface area contributed by atoms with Gasteiger partial charge in [-0.05, 0) is 48.7 Å². The van der Waals surface area contributed by atoms with Crippen molar-refractivity contribution in [3.63, 3.8) is 0 Å². The molecule has 0 bridgehead atoms. The number of nitro groups is 1. The van der Waals surface area contributed by atoms with Crippen molar-refractivity contribution in [2.24, 2.45) is 0 Å². The number of carbonyl (C=O) groups is 1. The van der Waals surface area contributed by atoms with Crippen LogP contribution >= 0.6 is 0 Å². The summed E-state index contributed by atoms with van der Waals surface area (Å²) in [5.41, 5.74) is 1.65. The Morgan fingerprint density at radius 1 is 0.972 bits per heavy atom. The molecule has 0 saturated carbocycles. The van der Waals surface area contributed by atoms with Crippen LogP contribution in [0.2, 0.25) is 0 Å². The van der Waals surface area contributed by atoms with E-state index in [2.05, 4.69) is 0 Å². The molecule has 0 radical (unpaired) electrons. The molecular formula is C27H27F3N2O4. The lowest BCUT2D eigenvalue weighted by molar-refractivity contribution is -0.531. The molecule has 36 heavy (non-hydrogen) atoms. The molecule has 0 saturated heterocycles. The first kappa shape index (κ1) is 26.7. The van der Waals surface area contributed by atoms with Crippen LogP contribution in [0.4, 0.5) is 18.9 Å². The van der Waals surface area contributed by atoms with Crippen molar-refractivity contribution in [3.8, 4) is 5.75 Å². The highest BCUT2D eigenvalue weighted by Gasteiger charge is 2.51. The van der Waals surface area contributed by atoms with E-state index >= 15 is 0 Å². The van der Waals surface area contributed by atoms with Crippen LogP contribution in [0, 0.1) is 17.0 Å². The third-order valence-corrected chi connectivity index (χ3v) is 6.16. The van der Waals surface area contributed by atoms with E-state index in [1.165, 1.54) is 43.5 Å². The number of anilines is 1. The minimum atomic E-state index is -5.26. The maximum atomic E-state index is 13.9. The van der Waals surface area contributed by atoms with Crippen molar-refractivity contribution in [2.75, 3.05) is 12.0 Å². The SMILES string of the molecule is CC[C@@H](c1ccc(C)cc1)[C@H]([C@H](c1ccccc1)N(C(=O)C(F)(F)F)c1ccc(OC)cc1)[N+](=O)[O-]. The van der Waals surface area contributed by atoms with E-state index < -0.39 is 35.0 Å². The van der Waals surface area contributed by atoms with Gasteiger partial charge in [0.15, 0.2) is 0 Å². The molecule has 9 heteroatoms. The molecule has 1 amide bonds. The molecule has 0 spiro atoms. The molecule has 0 aliphatic heterocycles. The van der Waals surface area contributed by atoms with E-state index in [1.807, 2.05) is 6.92 Å². The zero-order chi connectivity index (χ0) is 26.5. The monoisotopic (exact) mass is 500 g/mol. The number of benzene rings is 3. The molecule has 0 aromatic heterocycles. The number of halogens is 3. The van der Waals surface area contributed by atoms with E-state index in [-0.39, 0.29) is 17.7 Å². The third kappa shape index (κ3) is 5.84. The molecule has 0 heterocycles. The van der Waals surface area contributed by atoms with Crippen molar-refractivity contribution in [3.05, 3.63) is 106 Å². The second-order valence-electron chi connectivity index (χ2n) is 8.43. The first-order chi connectivity index (χ1) is 17.1. The Hall–Kier alpha value is -3.88. The summed E-state index contributed by atoms with van der Waals surface area (Å²) < 4.78 is 46.9. The quantitative estimate of drug-likeness (QED) is 0.249. The van der Waals surface area contributed by atoms with Gasteiger partial charge in [0.1, 0.15) is 11.8 Å². The predicted octanol–water partition coefficient (Wildman–Crippen LogP) is 6.48. The summed E-state index contributed by atoms with van der Waals surface area (Å²) in [6.07, 6.45) is -4.99. The molecule has 3 aromatic rings. The first-order valence-corrected chi connectivity index (χ1v) is 11.4. The van der Waals surface area contributed by atoms with Crippen LogP contribution in [0.25, 0.3) is 0 Å². The Bertz CT molecular complexity index is 1170. The van der Waals surface area contributed by atoms with Crippen LogP contribution in [0.1, 0.15) is 42.0 Å². The van der Waals surface area contributed by atoms with Crippen LogP contribution < -0.4 is 9.64 Å². The molecule has 3 rings (SSSR count). The summed E-state index contributed by atoms with van der Waals surface area (Å²) in [6, 6.07) is 17.2. The number of carbonyl (C=O) groups excluding carboxylic acids is 1. The van der Waals surface area contributed by atoms with Crippen LogP contribution in [-0.2, 0) is 4.79 Å². The second kappa shape index (κ2) is 11.2. The highest BCUT2D eigenvalue weighted by molar-refractivity contribution is 5.98. The van der Waals surface area contributed by atoms with Gasteiger partial charge in [-0.3, -0.25) is 19.8 Å². The van der Waals surface area contributed by atoms with Crippen LogP contribution in [0.5, 0.6) is 5.75 Å². The van der Waals surface area contributed by atoms with Crippen LogP contribution in [0.15, 0.2) is 78.9 Å². The van der Waals surface area contributed by atoms with Crippen LogP contribution in [0.3, 0.4) is 0 Å². The van der Waals surface area contributed by atoms with Gasteiger partial charge in [0.25, 0.3) is 0 Å². The Balaban J connectivity index is 2.29. The van der Waals surface area contributed by atoms with Crippen molar-refractivity contribution in [1.29, 1.82) is 0 Å². The second-order valence-corrected chi connectivity index (χ2v) is 8.43. The normalized spacial score (nSPS) is 13.9. The smallest absolute Gasteiger partial charge is 0.471 e. The number of aryl methyl sites for hydroxylation is 1. The lowest BCUT2D eigenvalue weighted by atomic mass is 9.81. The van der Waals surface area contributed by atoms with Gasteiger partial charge >= 0.3 is 12.1 Å². The molecule has 0 unspecified atom stereocenters. The Morgan fingerprint density at radius 3 is 2.03 bits per heavy atom. The molecular weight excluding hydrogens is 473 g/mol. The first-order valence-electron chi connectivity index (χ1n) is 11.4. The van der Waals surface area contributed by atoms with Gasteiger partial charge in [0, 0.05) is 10.6 Å². The fourth-order valence-corrected chi connectivity index (χ4v) is 4.40. The summed E-state index contributed by atoms with van der Waals surface area (Å²) in [5.74, 6) is -2.59. The fourth-order valence-electron chi connectivity index (χ4n) is 4.40. The number of methoxy groups -OCH3 is 1. The zero-order valence-corrected chi connectivity index (χ0v) is 20.1. The molecule has 0 aliphatic carbocycles. The summed E-state index contributed by atoms with van der Waals surface area (Å²) >= 11 is 0. The van der Waals surface area contributed by atoms with Gasteiger partial charge in [-0.1, -0.05) is 67.1 Å². The van der Waals surface area contributed by atoms with Gasteiger partial charge in [0.2, 0.25) is 6.04 Å². The minimum absolute atomic E-state index is 0.127. The highest BCUT2D eigenvalue weighted by Crippen LogP contribution is 2.41. The molecule has 190 valence electrons. The molecule has 6 nitrogen and oxygen atoms in total. The maximum absolute atomic E-state index is 13.9. The topological polar surface area (TPSA) is 72.7 Å². The van der Waals surface area contributed by atoms with Crippen molar-refractivity contribution >= 4 is 11.6 Å². The number of rotatable bonds is 9. The Labute approximate surface area is 207 Å². The molecule has 3 aromatic carbocycles. The van der Waals surface area contributed by atoms with Crippen molar-refractivity contribution in [1.82, 2.24) is 0 Å². The maximum Gasteiger partial charge on any atom is 0.471 e. The standard InChI is InChI=1S/C27H27F3N2O4/c1-4-23(19-12-10-18(2)11-13-19)25(32(34)35)24(20-8-6-5-7-9-20)31(26(33)27(28,29)30)21-14-16-22(36-3)17-15-21/h5-17,23-25H,4H2,1-3H3/t23-,24-,25+/m0/s1. The molecule has 0 N–H and O–H groups in total. The molecule has 3 atom stereocenters. The average Bonchev–Trinajstić information content (AvgIpc) is 2.86. The number of alkyl halides is 3. The largest absolute Gasteiger partial charge is 0.497 e. The lowest BCUT2D eigenvalue weighted by Gasteiger charge is -2.36. The number of hydrogen-bond acceptors (Lipinski definition) is 4. The van der Waals surface area contributed by atoms with Gasteiger partial charge in [0.05, 0.1) is 13.0 Å². The summed E-state index contributed by atoms with van der Waals surface area (Å²) in [4.78, 5) is 25.5. The Morgan fingerprint density at radius 2 is 1.56 bits per heavy atom. The lowest BCUT2D eigenvalue weighted by Crippen LogP contribution is -2.50. The number of ether oxygens (including phenoxy) is 1. The average molecular weight is 501 g/mol. The van der Waals surface area contributed by atoms with E-state index in [0.717, 1.165) is 5.56 Å². The number of nitrogens with zero attached hydrogens (tertiary/aromatic N) is 2. The Kier molecular flexibility index (Phi) is 8.34. The van der Waals surface area contributed by atoms with Crippen molar-refractivity contribution < 1.29 is 27.6 Å². The molecule has 0 aliphatic rings. The zero-order valence-electron chi connectivity index (χ0n) is 20.1. The van der Waals surface area contributed by atoms with E-state index in [1.54, 1.807) is 49.4 Å². The van der Waals surface area contributed by atoms with Gasteiger partial charge < -0.3 is 4.74 Å². The summed E-state index contributed by atoms with van der Waals surface area (Å²) in [5, 5.41) is 12.6. The summed E-state index contributed by atoms with van der Waals surface area (Å²) in [6.45, 7) is 3.61. The van der Waals surface area contributed by atoms with Gasteiger partial charge in [-0.2, -0.15) is 13.2 Å². The fraction of sp³-hybridized carbons (Fsp3) is 0.296. The van der Waals surface area contributed by atoms with E-state index in [9.17, 15) is 28.1 Å². The van der Waals surface area contributed by atoms with Crippen molar-refractivity contribution in [2.45, 2.75) is 44.4 Å². The van der Waals surface area contributed by atoms with Gasteiger partial charge in [-0.15, -0.1) is 0 Å². The molecule has 0 fully saturated rings. The summed E-state index contributed by atoms with van der Waals surface area (Å²) in [7, 11) is 1.40. The van der Waals surface area contributed by atoms with E-state index in [4.69, 9.17) is 4.74 Å². The van der Waals surface area contributed by atoms with Gasteiger partial charge in [-0.25, -0.2) is 0 Å². The highest BCUT2D eigenvalue weighted by atomic mass is 19.4. The predicted molar refractivity (Wildman–Crippen MR) is 131 cm³/mol. The van der Waals surface area contributed by atoms with Crippen LogP contribution in [-0.4, -0.2) is 30.2 Å². The number of amides is 1. The van der Waals surface area contributed by atoms with E-state index in [0.29, 0.717) is 16.2 Å².